The molecule has 0 saturated heterocycles. The van der Waals surface area contributed by atoms with Crippen molar-refractivity contribution in [1.29, 1.82) is 0 Å². The molecule has 0 unspecified atom stereocenters. The highest BCUT2D eigenvalue weighted by molar-refractivity contribution is 5.79. The van der Waals surface area contributed by atoms with E-state index < -0.39 is 17.5 Å². The summed E-state index contributed by atoms with van der Waals surface area (Å²) in [6, 6.07) is 1.89. The first-order chi connectivity index (χ1) is 8.79. The van der Waals surface area contributed by atoms with Gasteiger partial charge in [-0.25, -0.2) is 13.2 Å². The van der Waals surface area contributed by atoms with E-state index in [0.29, 0.717) is 5.56 Å². The van der Waals surface area contributed by atoms with E-state index in [1.54, 1.807) is 13.8 Å². The average Bonchev–Trinajstić information content (AvgIpc) is 2.31. The van der Waals surface area contributed by atoms with E-state index in [2.05, 4.69) is 13.2 Å². The highest BCUT2D eigenvalue weighted by atomic mass is 19.1. The van der Waals surface area contributed by atoms with Crippen LogP contribution in [-0.4, -0.2) is 0 Å². The summed E-state index contributed by atoms with van der Waals surface area (Å²) in [5.41, 5.74) is 0.613. The van der Waals surface area contributed by atoms with Gasteiger partial charge in [0.1, 0.15) is 17.5 Å². The third-order valence-corrected chi connectivity index (χ3v) is 2.94. The summed E-state index contributed by atoms with van der Waals surface area (Å²) < 4.78 is 41.2. The van der Waals surface area contributed by atoms with Gasteiger partial charge in [0.05, 0.1) is 0 Å². The molecule has 1 aromatic carbocycles. The topological polar surface area (TPSA) is 0 Å². The van der Waals surface area contributed by atoms with Gasteiger partial charge >= 0.3 is 0 Å². The van der Waals surface area contributed by atoms with Gasteiger partial charge in [-0.05, 0) is 30.0 Å². The lowest BCUT2D eigenvalue weighted by Crippen LogP contribution is -2.00. The minimum absolute atomic E-state index is 0.00806. The van der Waals surface area contributed by atoms with Crippen LogP contribution < -0.4 is 0 Å². The van der Waals surface area contributed by atoms with Gasteiger partial charge in [0, 0.05) is 17.2 Å². The molecule has 0 amide bonds. The molecule has 1 aromatic rings. The molecule has 0 saturated carbocycles. The molecule has 0 nitrogen and oxygen atoms in total. The fraction of sp³-hybridized carbons (Fsp3) is 0.250. The number of allylic oxidation sites excluding steroid dienone is 4. The lowest BCUT2D eigenvalue weighted by molar-refractivity contribution is 0.576. The summed E-state index contributed by atoms with van der Waals surface area (Å²) >= 11 is 0. The zero-order chi connectivity index (χ0) is 14.7. The van der Waals surface area contributed by atoms with E-state index in [0.717, 1.165) is 12.1 Å². The Hall–Kier alpha value is -1.77. The summed E-state index contributed by atoms with van der Waals surface area (Å²) in [6.45, 7) is 12.3. The van der Waals surface area contributed by atoms with Crippen LogP contribution in [0.4, 0.5) is 13.2 Å². The van der Waals surface area contributed by atoms with Gasteiger partial charge < -0.3 is 0 Å². The Balaban J connectivity index is 3.53. The molecule has 0 aliphatic carbocycles. The zero-order valence-electron chi connectivity index (χ0n) is 11.4. The standard InChI is InChI=1S/C16H17F3/c1-6-13(16(19)11(5)9(2)3)15-10(4)7-12(17)8-14(15)18/h6-9H,1,5H2,2-4H3/b16-13-. The van der Waals surface area contributed by atoms with Gasteiger partial charge in [-0.15, -0.1) is 0 Å². The largest absolute Gasteiger partial charge is 0.207 e. The molecule has 0 atom stereocenters. The summed E-state index contributed by atoms with van der Waals surface area (Å²) in [4.78, 5) is 0. The summed E-state index contributed by atoms with van der Waals surface area (Å²) in [5, 5.41) is 0. The Kier molecular flexibility index (Phi) is 4.76. The van der Waals surface area contributed by atoms with Gasteiger partial charge in [0.25, 0.3) is 0 Å². The van der Waals surface area contributed by atoms with Crippen LogP contribution in [0.1, 0.15) is 25.0 Å². The van der Waals surface area contributed by atoms with Crippen molar-refractivity contribution >= 4 is 5.57 Å². The second-order valence-corrected chi connectivity index (χ2v) is 4.69. The van der Waals surface area contributed by atoms with Crippen molar-refractivity contribution in [3.63, 3.8) is 0 Å². The van der Waals surface area contributed by atoms with E-state index >= 15 is 0 Å². The van der Waals surface area contributed by atoms with Crippen molar-refractivity contribution in [2.24, 2.45) is 5.92 Å². The minimum atomic E-state index is -0.806. The molecule has 0 fully saturated rings. The molecule has 0 aliphatic heterocycles. The summed E-state index contributed by atoms with van der Waals surface area (Å²) in [5.74, 6) is -2.22. The number of aryl methyl sites for hydroxylation is 1. The molecule has 0 heterocycles. The summed E-state index contributed by atoms with van der Waals surface area (Å²) in [7, 11) is 0. The van der Waals surface area contributed by atoms with Crippen molar-refractivity contribution in [2.45, 2.75) is 20.8 Å². The molecule has 0 N–H and O–H groups in total. The van der Waals surface area contributed by atoms with Crippen LogP contribution in [0.2, 0.25) is 0 Å². The van der Waals surface area contributed by atoms with Gasteiger partial charge in [0.15, 0.2) is 0 Å². The maximum Gasteiger partial charge on any atom is 0.134 e. The molecular formula is C16H17F3. The maximum atomic E-state index is 14.3. The van der Waals surface area contributed by atoms with Gasteiger partial charge in [-0.3, -0.25) is 0 Å². The fourth-order valence-electron chi connectivity index (χ4n) is 1.77. The Morgan fingerprint density at radius 3 is 2.26 bits per heavy atom. The van der Waals surface area contributed by atoms with Crippen LogP contribution >= 0.6 is 0 Å². The molecule has 1 rings (SSSR count). The number of hydrogen-bond acceptors (Lipinski definition) is 0. The average molecular weight is 266 g/mol. The lowest BCUT2D eigenvalue weighted by atomic mass is 9.94. The van der Waals surface area contributed by atoms with Gasteiger partial charge in [-0.1, -0.05) is 33.1 Å². The van der Waals surface area contributed by atoms with Crippen molar-refractivity contribution < 1.29 is 13.2 Å². The molecule has 0 aliphatic rings. The molecule has 102 valence electrons. The Morgan fingerprint density at radius 1 is 1.26 bits per heavy atom. The Morgan fingerprint density at radius 2 is 1.84 bits per heavy atom. The second-order valence-electron chi connectivity index (χ2n) is 4.69. The van der Waals surface area contributed by atoms with Crippen LogP contribution in [0.15, 0.2) is 42.8 Å². The Bertz CT molecular complexity index is 528. The highest BCUT2D eigenvalue weighted by Gasteiger charge is 2.18. The van der Waals surface area contributed by atoms with Crippen LogP contribution in [0.3, 0.4) is 0 Å². The number of halogens is 3. The quantitative estimate of drug-likeness (QED) is 0.644. The third-order valence-electron chi connectivity index (χ3n) is 2.94. The molecule has 3 heteroatoms. The lowest BCUT2D eigenvalue weighted by Gasteiger charge is -2.14. The normalized spacial score (nSPS) is 12.4. The van der Waals surface area contributed by atoms with E-state index in [4.69, 9.17) is 0 Å². The first kappa shape index (κ1) is 15.3. The Labute approximate surface area is 112 Å². The monoisotopic (exact) mass is 266 g/mol. The predicted octanol–water partition coefficient (Wildman–Crippen LogP) is 5.35. The SMILES string of the molecule is C=C/C(=C(/F)C(=C)C(C)C)c1c(C)cc(F)cc1F. The predicted molar refractivity (Wildman–Crippen MR) is 73.3 cm³/mol. The van der Waals surface area contributed by atoms with Crippen LogP contribution in [0.5, 0.6) is 0 Å². The van der Waals surface area contributed by atoms with E-state index in [9.17, 15) is 13.2 Å². The molecular weight excluding hydrogens is 249 g/mol. The minimum Gasteiger partial charge on any atom is -0.207 e. The van der Waals surface area contributed by atoms with Crippen LogP contribution in [0, 0.1) is 24.5 Å². The fourth-order valence-corrected chi connectivity index (χ4v) is 1.77. The van der Waals surface area contributed by atoms with Crippen LogP contribution in [0.25, 0.3) is 5.57 Å². The number of rotatable bonds is 4. The van der Waals surface area contributed by atoms with Gasteiger partial charge in [0.2, 0.25) is 0 Å². The van der Waals surface area contributed by atoms with Gasteiger partial charge in [-0.2, -0.15) is 0 Å². The van der Waals surface area contributed by atoms with Crippen molar-refractivity contribution in [3.8, 4) is 0 Å². The first-order valence-electron chi connectivity index (χ1n) is 5.97. The van der Waals surface area contributed by atoms with Crippen molar-refractivity contribution in [1.82, 2.24) is 0 Å². The van der Waals surface area contributed by atoms with Crippen molar-refractivity contribution in [3.05, 3.63) is 65.5 Å². The molecule has 0 radical (unpaired) electrons. The number of hydrogen-bond donors (Lipinski definition) is 0. The molecule has 0 spiro atoms. The third kappa shape index (κ3) is 3.16. The summed E-state index contributed by atoms with van der Waals surface area (Å²) in [6.07, 6.45) is 1.23. The molecule has 0 aromatic heterocycles. The van der Waals surface area contributed by atoms with Crippen LogP contribution in [-0.2, 0) is 0 Å². The van der Waals surface area contributed by atoms with E-state index in [-0.39, 0.29) is 22.6 Å². The van der Waals surface area contributed by atoms with E-state index in [1.807, 2.05) is 0 Å². The number of benzene rings is 1. The van der Waals surface area contributed by atoms with E-state index in [1.165, 1.54) is 13.0 Å². The molecule has 19 heavy (non-hydrogen) atoms. The smallest absolute Gasteiger partial charge is 0.134 e. The molecule has 0 bridgehead atoms. The van der Waals surface area contributed by atoms with Crippen molar-refractivity contribution in [2.75, 3.05) is 0 Å². The highest BCUT2D eigenvalue weighted by Crippen LogP contribution is 2.32. The zero-order valence-corrected chi connectivity index (χ0v) is 11.4. The second kappa shape index (κ2) is 5.91. The maximum absolute atomic E-state index is 14.3. The first-order valence-corrected chi connectivity index (χ1v) is 5.97.